The van der Waals surface area contributed by atoms with Gasteiger partial charge in [0.25, 0.3) is 11.6 Å². The zero-order valence-corrected chi connectivity index (χ0v) is 16.5. The van der Waals surface area contributed by atoms with Gasteiger partial charge in [0.2, 0.25) is 5.91 Å². The van der Waals surface area contributed by atoms with E-state index in [0.717, 1.165) is 32.1 Å². The second-order valence-electron chi connectivity index (χ2n) is 7.30. The molecule has 1 aromatic carbocycles. The van der Waals surface area contributed by atoms with Crippen molar-refractivity contribution >= 4 is 29.2 Å². The number of esters is 1. The number of anilines is 1. The molecule has 1 fully saturated rings. The predicted molar refractivity (Wildman–Crippen MR) is 105 cm³/mol. The second kappa shape index (κ2) is 9.02. The Hall–Kier alpha value is -2.97. The third-order valence-corrected chi connectivity index (χ3v) is 5.39. The number of hydrogen-bond acceptors (Lipinski definition) is 6. The van der Waals surface area contributed by atoms with Crippen molar-refractivity contribution in [3.63, 3.8) is 0 Å². The molecule has 0 saturated heterocycles. The first kappa shape index (κ1) is 20.8. The molecule has 1 aliphatic carbocycles. The average molecular weight is 403 g/mol. The Balaban J connectivity index is 1.96. The van der Waals surface area contributed by atoms with E-state index in [1.165, 1.54) is 23.1 Å². The molecule has 0 radical (unpaired) electrons. The fourth-order valence-corrected chi connectivity index (χ4v) is 4.01. The fraction of sp³-hybridized carbons (Fsp3) is 0.550. The molecular weight excluding hydrogens is 378 g/mol. The lowest BCUT2D eigenvalue weighted by Crippen LogP contribution is -2.45. The first-order valence-electron chi connectivity index (χ1n) is 9.97. The number of benzene rings is 1. The Morgan fingerprint density at radius 3 is 2.62 bits per heavy atom. The van der Waals surface area contributed by atoms with Crippen molar-refractivity contribution in [1.82, 2.24) is 4.90 Å². The zero-order chi connectivity index (χ0) is 21.0. The van der Waals surface area contributed by atoms with Crippen molar-refractivity contribution in [2.24, 2.45) is 0 Å². The van der Waals surface area contributed by atoms with Crippen LogP contribution in [0.1, 0.15) is 55.8 Å². The third-order valence-electron chi connectivity index (χ3n) is 5.39. The summed E-state index contributed by atoms with van der Waals surface area (Å²) in [5.41, 5.74) is 0.330. The maximum Gasteiger partial charge on any atom is 0.307 e. The summed E-state index contributed by atoms with van der Waals surface area (Å²) >= 11 is 0. The molecule has 0 N–H and O–H groups in total. The van der Waals surface area contributed by atoms with Gasteiger partial charge in [-0.25, -0.2) is 0 Å². The maximum atomic E-state index is 13.1. The van der Waals surface area contributed by atoms with Gasteiger partial charge in [-0.3, -0.25) is 24.5 Å². The second-order valence-corrected chi connectivity index (χ2v) is 7.30. The van der Waals surface area contributed by atoms with Crippen LogP contribution < -0.4 is 4.90 Å². The lowest BCUT2D eigenvalue weighted by Gasteiger charge is -2.34. The van der Waals surface area contributed by atoms with E-state index < -0.39 is 16.8 Å². The molecule has 156 valence electrons. The minimum absolute atomic E-state index is 0.0179. The molecule has 0 spiro atoms. The van der Waals surface area contributed by atoms with Crippen molar-refractivity contribution in [3.05, 3.63) is 33.9 Å². The molecule has 9 heteroatoms. The highest BCUT2D eigenvalue weighted by Gasteiger charge is 2.36. The third kappa shape index (κ3) is 4.55. The van der Waals surface area contributed by atoms with Gasteiger partial charge in [-0.15, -0.1) is 0 Å². The Morgan fingerprint density at radius 1 is 1.24 bits per heavy atom. The van der Waals surface area contributed by atoms with E-state index in [9.17, 15) is 24.5 Å². The van der Waals surface area contributed by atoms with Gasteiger partial charge in [0, 0.05) is 24.7 Å². The van der Waals surface area contributed by atoms with E-state index in [1.807, 2.05) is 0 Å². The highest BCUT2D eigenvalue weighted by molar-refractivity contribution is 6.10. The summed E-state index contributed by atoms with van der Waals surface area (Å²) in [6.07, 6.45) is 4.73. The number of carbonyl (C=O) groups excluding carboxylic acids is 3. The smallest absolute Gasteiger partial charge is 0.307 e. The molecule has 0 unspecified atom stereocenters. The van der Waals surface area contributed by atoms with E-state index in [1.54, 1.807) is 11.8 Å². The average Bonchev–Trinajstić information content (AvgIpc) is 2.81. The van der Waals surface area contributed by atoms with Crippen molar-refractivity contribution in [2.75, 3.05) is 24.6 Å². The highest BCUT2D eigenvalue weighted by Crippen LogP contribution is 2.34. The first-order valence-corrected chi connectivity index (χ1v) is 9.97. The predicted octanol–water partition coefficient (Wildman–Crippen LogP) is 2.67. The van der Waals surface area contributed by atoms with Gasteiger partial charge in [0.05, 0.1) is 29.2 Å². The molecule has 2 aliphatic rings. The van der Waals surface area contributed by atoms with Crippen molar-refractivity contribution < 1.29 is 24.0 Å². The van der Waals surface area contributed by atoms with Crippen LogP contribution in [0.5, 0.6) is 0 Å². The Labute approximate surface area is 168 Å². The summed E-state index contributed by atoms with van der Waals surface area (Å²) in [6.45, 7) is 1.77. The molecule has 0 aromatic heterocycles. The number of rotatable bonds is 6. The molecule has 1 aromatic rings. The minimum atomic E-state index is -0.561. The van der Waals surface area contributed by atoms with Crippen LogP contribution in [0.3, 0.4) is 0 Å². The lowest BCUT2D eigenvalue weighted by atomic mass is 9.93. The van der Waals surface area contributed by atoms with Crippen molar-refractivity contribution in [1.29, 1.82) is 0 Å². The van der Waals surface area contributed by atoms with Crippen LogP contribution >= 0.6 is 0 Å². The van der Waals surface area contributed by atoms with E-state index in [-0.39, 0.29) is 49.3 Å². The molecule has 9 nitrogen and oxygen atoms in total. The molecule has 3 rings (SSSR count). The molecule has 1 aliphatic heterocycles. The van der Waals surface area contributed by atoms with Crippen LogP contribution in [-0.2, 0) is 14.3 Å². The Bertz CT molecular complexity index is 818. The number of nitrogens with zero attached hydrogens (tertiary/aromatic N) is 3. The van der Waals surface area contributed by atoms with Gasteiger partial charge >= 0.3 is 5.97 Å². The lowest BCUT2D eigenvalue weighted by molar-refractivity contribution is -0.384. The van der Waals surface area contributed by atoms with Crippen LogP contribution in [-0.4, -0.2) is 53.3 Å². The van der Waals surface area contributed by atoms with Gasteiger partial charge < -0.3 is 14.5 Å². The quantitative estimate of drug-likeness (QED) is 0.410. The number of nitro groups is 1. The standard InChI is InChI=1S/C20H25N3O6/c1-2-29-19(25)10-11-21-13-18(24)22(14-6-4-3-5-7-14)17-9-8-15(23(27)28)12-16(17)20(21)26/h8-9,12,14H,2-7,10-11,13H2,1H3. The number of hydrogen-bond donors (Lipinski definition) is 0. The van der Waals surface area contributed by atoms with Gasteiger partial charge in [0.15, 0.2) is 0 Å². The first-order chi connectivity index (χ1) is 13.9. The summed E-state index contributed by atoms with van der Waals surface area (Å²) in [5, 5.41) is 11.2. The van der Waals surface area contributed by atoms with E-state index >= 15 is 0 Å². The molecule has 2 amide bonds. The van der Waals surface area contributed by atoms with Crippen LogP contribution in [0.2, 0.25) is 0 Å². The summed E-state index contributed by atoms with van der Waals surface area (Å²) < 4.78 is 4.90. The molecular formula is C20H25N3O6. The molecule has 1 heterocycles. The zero-order valence-electron chi connectivity index (χ0n) is 16.5. The van der Waals surface area contributed by atoms with Crippen LogP contribution in [0, 0.1) is 10.1 Å². The van der Waals surface area contributed by atoms with Crippen molar-refractivity contribution in [3.8, 4) is 0 Å². The van der Waals surface area contributed by atoms with Gasteiger partial charge in [0.1, 0.15) is 6.54 Å². The molecule has 0 atom stereocenters. The molecule has 29 heavy (non-hydrogen) atoms. The topological polar surface area (TPSA) is 110 Å². The molecule has 0 bridgehead atoms. The number of ether oxygens (including phenoxy) is 1. The van der Waals surface area contributed by atoms with Crippen LogP contribution in [0.15, 0.2) is 18.2 Å². The number of amides is 2. The number of nitro benzene ring substituents is 1. The van der Waals surface area contributed by atoms with E-state index in [4.69, 9.17) is 4.74 Å². The minimum Gasteiger partial charge on any atom is -0.466 e. The largest absolute Gasteiger partial charge is 0.466 e. The summed E-state index contributed by atoms with van der Waals surface area (Å²) in [7, 11) is 0. The van der Waals surface area contributed by atoms with Crippen LogP contribution in [0.25, 0.3) is 0 Å². The SMILES string of the molecule is CCOC(=O)CCN1CC(=O)N(C2CCCCC2)c2ccc([N+](=O)[O-])cc2C1=O. The summed E-state index contributed by atoms with van der Waals surface area (Å²) in [5.74, 6) is -1.18. The van der Waals surface area contributed by atoms with Gasteiger partial charge in [-0.05, 0) is 25.8 Å². The van der Waals surface area contributed by atoms with Crippen LogP contribution in [0.4, 0.5) is 11.4 Å². The highest BCUT2D eigenvalue weighted by atomic mass is 16.6. The van der Waals surface area contributed by atoms with E-state index in [2.05, 4.69) is 0 Å². The number of carbonyl (C=O) groups is 3. The fourth-order valence-electron chi connectivity index (χ4n) is 4.01. The van der Waals surface area contributed by atoms with Crippen molar-refractivity contribution in [2.45, 2.75) is 51.5 Å². The van der Waals surface area contributed by atoms with Gasteiger partial charge in [-0.2, -0.15) is 0 Å². The summed E-state index contributed by atoms with van der Waals surface area (Å²) in [6, 6.07) is 4.01. The Morgan fingerprint density at radius 2 is 1.97 bits per heavy atom. The number of fused-ring (bicyclic) bond motifs is 1. The Kier molecular flexibility index (Phi) is 6.46. The molecule has 1 saturated carbocycles. The van der Waals surface area contributed by atoms with E-state index in [0.29, 0.717) is 5.69 Å². The normalized spacial score (nSPS) is 17.7. The summed E-state index contributed by atoms with van der Waals surface area (Å²) in [4.78, 5) is 51.5. The van der Waals surface area contributed by atoms with Gasteiger partial charge in [-0.1, -0.05) is 19.3 Å². The number of non-ortho nitro benzene ring substituents is 1. The maximum absolute atomic E-state index is 13.1. The monoisotopic (exact) mass is 403 g/mol.